The molecule has 0 bridgehead atoms. The monoisotopic (exact) mass is 340 g/mol. The van der Waals surface area contributed by atoms with Crippen molar-refractivity contribution in [1.82, 2.24) is 10.2 Å². The van der Waals surface area contributed by atoms with E-state index in [1.54, 1.807) is 27.0 Å². The smallest absolute Gasteiger partial charge is 0.354 e. The number of hydrogen-bond acceptors (Lipinski definition) is 4. The minimum atomic E-state index is -1.92. The molecule has 0 saturated heterocycles. The molecule has 2 heterocycles. The van der Waals surface area contributed by atoms with E-state index in [1.807, 2.05) is 30.3 Å². The van der Waals surface area contributed by atoms with Crippen molar-refractivity contribution in [2.75, 3.05) is 13.7 Å². The quantitative estimate of drug-likeness (QED) is 0.825. The Bertz CT molecular complexity index is 907. The number of hydrogen-bond donors (Lipinski definition) is 2. The Morgan fingerprint density at radius 1 is 1.32 bits per heavy atom. The van der Waals surface area contributed by atoms with Crippen molar-refractivity contribution < 1.29 is 19.4 Å². The van der Waals surface area contributed by atoms with E-state index in [0.717, 1.165) is 16.3 Å². The number of carbonyl (C=O) groups is 1. The normalized spacial score (nSPS) is 25.4. The number of carbonyl (C=O) groups excluding carboxylic acids is 1. The molecule has 0 spiro atoms. The number of benzene rings is 2. The summed E-state index contributed by atoms with van der Waals surface area (Å²) in [7, 11) is 1.65. The fraction of sp³-hybridized carbons (Fsp3) is 0.316. The summed E-state index contributed by atoms with van der Waals surface area (Å²) in [5.41, 5.74) is 1.95. The number of nitrogens with zero attached hydrogens (tertiary/aromatic N) is 1. The zero-order chi connectivity index (χ0) is 17.8. The first-order valence-corrected chi connectivity index (χ1v) is 8.28. The van der Waals surface area contributed by atoms with Crippen molar-refractivity contribution >= 4 is 16.8 Å². The lowest BCUT2D eigenvalue weighted by Gasteiger charge is -2.45. The van der Waals surface area contributed by atoms with E-state index < -0.39 is 12.0 Å². The summed E-state index contributed by atoms with van der Waals surface area (Å²) in [6, 6.07) is 10.9. The number of fused-ring (bicyclic) bond motifs is 5. The molecule has 2 atom stereocenters. The summed E-state index contributed by atoms with van der Waals surface area (Å²) >= 11 is 0. The van der Waals surface area contributed by atoms with Gasteiger partial charge < -0.3 is 24.8 Å². The molecule has 2 aliphatic rings. The van der Waals surface area contributed by atoms with Crippen LogP contribution in [0.5, 0.6) is 5.75 Å². The van der Waals surface area contributed by atoms with Crippen LogP contribution in [-0.4, -0.2) is 35.7 Å². The summed E-state index contributed by atoms with van der Waals surface area (Å²) in [5.74, 6) is -1.41. The Balaban J connectivity index is 2.03. The van der Waals surface area contributed by atoms with Gasteiger partial charge in [0.1, 0.15) is 5.75 Å². The molecule has 6 heteroatoms. The van der Waals surface area contributed by atoms with Crippen LogP contribution in [0.4, 0.5) is 4.79 Å². The molecule has 2 aliphatic heterocycles. The second kappa shape index (κ2) is 5.47. The Kier molecular flexibility index (Phi) is 3.49. The number of rotatable bonds is 2. The molecule has 0 radical (unpaired) electrons. The van der Waals surface area contributed by atoms with E-state index in [-0.39, 0.29) is 12.6 Å². The lowest BCUT2D eigenvalue weighted by atomic mass is 9.87. The summed E-state index contributed by atoms with van der Waals surface area (Å²) in [6.45, 7) is 3.83. The lowest BCUT2D eigenvalue weighted by molar-refractivity contribution is -0.298. The Morgan fingerprint density at radius 3 is 2.84 bits per heavy atom. The molecule has 130 valence electrons. The molecule has 25 heavy (non-hydrogen) atoms. The van der Waals surface area contributed by atoms with Gasteiger partial charge in [0.05, 0.1) is 18.2 Å². The van der Waals surface area contributed by atoms with E-state index in [9.17, 15) is 9.90 Å². The second-order valence-corrected chi connectivity index (χ2v) is 6.26. The van der Waals surface area contributed by atoms with Gasteiger partial charge in [0.2, 0.25) is 0 Å². The number of urea groups is 1. The maximum absolute atomic E-state index is 12.4. The predicted molar refractivity (Wildman–Crippen MR) is 92.9 cm³/mol. The van der Waals surface area contributed by atoms with Crippen molar-refractivity contribution in [3.05, 3.63) is 53.2 Å². The van der Waals surface area contributed by atoms with Gasteiger partial charge in [0.25, 0.3) is 0 Å². The zero-order valence-corrected chi connectivity index (χ0v) is 14.4. The van der Waals surface area contributed by atoms with E-state index in [4.69, 9.17) is 9.47 Å². The third kappa shape index (κ3) is 2.22. The molecule has 2 N–H and O–H groups in total. The van der Waals surface area contributed by atoms with Crippen LogP contribution in [0.1, 0.15) is 25.5 Å². The minimum Gasteiger partial charge on any atom is -0.435 e. The van der Waals surface area contributed by atoms with Crippen LogP contribution in [0.3, 0.4) is 0 Å². The molecule has 0 unspecified atom stereocenters. The lowest BCUT2D eigenvalue weighted by Crippen LogP contribution is -2.55. The van der Waals surface area contributed by atoms with Gasteiger partial charge in [-0.1, -0.05) is 30.3 Å². The molecule has 2 aromatic carbocycles. The highest BCUT2D eigenvalue weighted by molar-refractivity contribution is 5.90. The van der Waals surface area contributed by atoms with E-state index in [2.05, 4.69) is 5.32 Å². The maximum Gasteiger partial charge on any atom is 0.354 e. The van der Waals surface area contributed by atoms with Gasteiger partial charge in [0.15, 0.2) is 0 Å². The molecule has 4 rings (SSSR count). The first-order chi connectivity index (χ1) is 12.0. The van der Waals surface area contributed by atoms with Gasteiger partial charge in [0, 0.05) is 18.3 Å². The van der Waals surface area contributed by atoms with Crippen LogP contribution in [-0.2, 0) is 4.74 Å². The molecule has 6 nitrogen and oxygen atoms in total. The van der Waals surface area contributed by atoms with Crippen molar-refractivity contribution in [2.45, 2.75) is 25.9 Å². The standard InChI is InChI=1S/C19H20N2O4/c1-4-24-19(23)16-11(2)21(3)18(22)20-17(16)15-13-8-6-5-7-12(13)9-10-14(15)25-19/h5-10,17,23H,4H2,1-3H3,(H,20,22)/t17-,19-/m1/s1. The molecule has 2 amide bonds. The van der Waals surface area contributed by atoms with Crippen LogP contribution in [0.25, 0.3) is 10.8 Å². The van der Waals surface area contributed by atoms with Gasteiger partial charge in [-0.05, 0) is 30.7 Å². The number of amides is 2. The highest BCUT2D eigenvalue weighted by Crippen LogP contribution is 2.48. The number of ether oxygens (including phenoxy) is 2. The van der Waals surface area contributed by atoms with Crippen molar-refractivity contribution in [3.63, 3.8) is 0 Å². The van der Waals surface area contributed by atoms with E-state index in [0.29, 0.717) is 17.0 Å². The largest absolute Gasteiger partial charge is 0.435 e. The van der Waals surface area contributed by atoms with E-state index in [1.165, 1.54) is 4.90 Å². The number of allylic oxidation sites excluding steroid dienone is 1. The highest BCUT2D eigenvalue weighted by Gasteiger charge is 2.51. The Hall–Kier alpha value is -2.57. The average molecular weight is 340 g/mol. The second-order valence-electron chi connectivity index (χ2n) is 6.26. The third-order valence-electron chi connectivity index (χ3n) is 4.90. The third-order valence-corrected chi connectivity index (χ3v) is 4.90. The maximum atomic E-state index is 12.4. The first-order valence-electron chi connectivity index (χ1n) is 8.28. The molecule has 2 aromatic rings. The van der Waals surface area contributed by atoms with Crippen LogP contribution >= 0.6 is 0 Å². The molecule has 0 aliphatic carbocycles. The molecule has 0 fully saturated rings. The molecule has 0 aromatic heterocycles. The summed E-state index contributed by atoms with van der Waals surface area (Å²) in [4.78, 5) is 13.8. The molecular weight excluding hydrogens is 320 g/mol. The molecule has 0 saturated carbocycles. The topological polar surface area (TPSA) is 71.0 Å². The van der Waals surface area contributed by atoms with Gasteiger partial charge in [-0.2, -0.15) is 0 Å². The van der Waals surface area contributed by atoms with Gasteiger partial charge in [-0.25, -0.2) is 4.79 Å². The van der Waals surface area contributed by atoms with Crippen LogP contribution in [0.15, 0.2) is 47.7 Å². The van der Waals surface area contributed by atoms with Gasteiger partial charge in [-0.15, -0.1) is 0 Å². The summed E-state index contributed by atoms with van der Waals surface area (Å²) in [6.07, 6.45) is 0. The van der Waals surface area contributed by atoms with Crippen LogP contribution in [0.2, 0.25) is 0 Å². The fourth-order valence-electron chi connectivity index (χ4n) is 3.63. The predicted octanol–water partition coefficient (Wildman–Crippen LogP) is 2.88. The summed E-state index contributed by atoms with van der Waals surface area (Å²) < 4.78 is 11.4. The van der Waals surface area contributed by atoms with Gasteiger partial charge in [-0.3, -0.25) is 0 Å². The van der Waals surface area contributed by atoms with Crippen LogP contribution in [0, 0.1) is 0 Å². The zero-order valence-electron chi connectivity index (χ0n) is 14.4. The van der Waals surface area contributed by atoms with Crippen LogP contribution < -0.4 is 10.1 Å². The van der Waals surface area contributed by atoms with E-state index >= 15 is 0 Å². The van der Waals surface area contributed by atoms with Crippen molar-refractivity contribution in [2.24, 2.45) is 0 Å². The SMILES string of the molecule is CCO[C@@]1(O)Oc2ccc3ccccc3c2[C@H]2NC(=O)N(C)C(C)=C21. The van der Waals surface area contributed by atoms with Crippen molar-refractivity contribution in [3.8, 4) is 5.75 Å². The fourth-order valence-corrected chi connectivity index (χ4v) is 3.63. The average Bonchev–Trinajstić information content (AvgIpc) is 2.59. The highest BCUT2D eigenvalue weighted by atomic mass is 16.8. The van der Waals surface area contributed by atoms with Crippen molar-refractivity contribution in [1.29, 1.82) is 0 Å². The minimum absolute atomic E-state index is 0.231. The summed E-state index contributed by atoms with van der Waals surface area (Å²) in [5, 5.41) is 16.1. The first kappa shape index (κ1) is 15.9. The molecular formula is C19H20N2O4. The Morgan fingerprint density at radius 2 is 2.08 bits per heavy atom. The Labute approximate surface area is 145 Å². The number of aliphatic hydroxyl groups is 1. The number of nitrogens with one attached hydrogen (secondary N) is 1. The van der Waals surface area contributed by atoms with Gasteiger partial charge >= 0.3 is 12.0 Å².